The number of hydrogen-bond donors (Lipinski definition) is 2. The first-order chi connectivity index (χ1) is 10.6. The van der Waals surface area contributed by atoms with Gasteiger partial charge in [0.1, 0.15) is 5.75 Å². The highest BCUT2D eigenvalue weighted by Crippen LogP contribution is 2.28. The van der Waals surface area contributed by atoms with E-state index in [4.69, 9.17) is 0 Å². The van der Waals surface area contributed by atoms with Crippen LogP contribution in [0.1, 0.15) is 41.3 Å². The fraction of sp³-hybridized carbons (Fsp3) is 0.412. The second-order valence-electron chi connectivity index (χ2n) is 5.98. The molecule has 22 heavy (non-hydrogen) atoms. The number of aromatic nitrogens is 2. The lowest BCUT2D eigenvalue weighted by Crippen LogP contribution is -2.35. The molecule has 0 fully saturated rings. The number of nitrogens with one attached hydrogen (secondary N) is 1. The minimum atomic E-state index is -0.224. The number of phenols is 1. The first-order valence-corrected chi connectivity index (χ1v) is 7.75. The maximum absolute atomic E-state index is 12.4. The largest absolute Gasteiger partial charge is 0.507 e. The Kier molecular flexibility index (Phi) is 4.13. The first-order valence-electron chi connectivity index (χ1n) is 7.75. The van der Waals surface area contributed by atoms with E-state index in [0.29, 0.717) is 12.1 Å². The van der Waals surface area contributed by atoms with Gasteiger partial charge in [-0.25, -0.2) is 4.98 Å². The van der Waals surface area contributed by atoms with Crippen molar-refractivity contribution in [3.05, 3.63) is 47.5 Å². The third-order valence-electron chi connectivity index (χ3n) is 4.13. The summed E-state index contributed by atoms with van der Waals surface area (Å²) in [6.07, 6.45) is 9.57. The molecular formula is C17H21N3O2. The van der Waals surface area contributed by atoms with Gasteiger partial charge in [0.2, 0.25) is 0 Å². The molecule has 0 spiro atoms. The number of aryl methyl sites for hydroxylation is 2. The number of nitrogens with zero attached hydrogens (tertiary/aromatic N) is 2. The number of fused-ring (bicyclic) bond motifs is 1. The number of carbonyl (C=O) groups excluding carboxylic acids is 1. The first kappa shape index (κ1) is 14.6. The summed E-state index contributed by atoms with van der Waals surface area (Å²) in [5, 5.41) is 13.1. The van der Waals surface area contributed by atoms with Gasteiger partial charge in [-0.1, -0.05) is 0 Å². The molecule has 2 aromatic rings. The minimum absolute atomic E-state index is 0.0443. The number of benzene rings is 1. The number of aromatic hydroxyl groups is 1. The van der Waals surface area contributed by atoms with E-state index in [9.17, 15) is 9.90 Å². The molecule has 1 heterocycles. The predicted octanol–water partition coefficient (Wildman–Crippen LogP) is 2.29. The monoisotopic (exact) mass is 299 g/mol. The number of amides is 1. The van der Waals surface area contributed by atoms with Gasteiger partial charge in [0.15, 0.2) is 0 Å². The van der Waals surface area contributed by atoms with Crippen LogP contribution in [0.5, 0.6) is 5.75 Å². The van der Waals surface area contributed by atoms with Crippen molar-refractivity contribution < 1.29 is 9.90 Å². The van der Waals surface area contributed by atoms with E-state index in [1.807, 2.05) is 23.8 Å². The number of rotatable bonds is 4. The second-order valence-corrected chi connectivity index (χ2v) is 5.98. The Morgan fingerprint density at radius 1 is 1.36 bits per heavy atom. The molecule has 116 valence electrons. The molecule has 0 saturated carbocycles. The summed E-state index contributed by atoms with van der Waals surface area (Å²) < 4.78 is 1.91. The van der Waals surface area contributed by atoms with Gasteiger partial charge < -0.3 is 15.0 Å². The number of hydrogen-bond acceptors (Lipinski definition) is 3. The molecule has 5 heteroatoms. The van der Waals surface area contributed by atoms with E-state index in [0.717, 1.165) is 25.7 Å². The minimum Gasteiger partial charge on any atom is -0.507 e. The van der Waals surface area contributed by atoms with Crippen molar-refractivity contribution in [1.29, 1.82) is 0 Å². The molecule has 1 aliphatic rings. The van der Waals surface area contributed by atoms with Crippen molar-refractivity contribution in [2.24, 2.45) is 0 Å². The molecule has 0 bridgehead atoms. The average Bonchev–Trinajstić information content (AvgIpc) is 2.99. The molecule has 1 amide bonds. The van der Waals surface area contributed by atoms with Crippen LogP contribution in [0, 0.1) is 0 Å². The fourth-order valence-electron chi connectivity index (χ4n) is 3.01. The summed E-state index contributed by atoms with van der Waals surface area (Å²) in [4.78, 5) is 16.4. The van der Waals surface area contributed by atoms with Gasteiger partial charge in [-0.05, 0) is 55.9 Å². The Balaban J connectivity index is 1.71. The molecule has 1 aromatic heterocycles. The molecule has 0 radical (unpaired) electrons. The molecule has 1 aliphatic carbocycles. The van der Waals surface area contributed by atoms with Crippen molar-refractivity contribution in [2.45, 2.75) is 45.2 Å². The van der Waals surface area contributed by atoms with Crippen LogP contribution in [0.4, 0.5) is 0 Å². The summed E-state index contributed by atoms with van der Waals surface area (Å²) in [7, 11) is 0. The van der Waals surface area contributed by atoms with Gasteiger partial charge in [-0.2, -0.15) is 0 Å². The molecule has 1 atom stereocenters. The van der Waals surface area contributed by atoms with Gasteiger partial charge in [0, 0.05) is 25.0 Å². The molecule has 0 unspecified atom stereocenters. The van der Waals surface area contributed by atoms with Crippen LogP contribution in [0.2, 0.25) is 0 Å². The van der Waals surface area contributed by atoms with Crippen LogP contribution in [0.25, 0.3) is 0 Å². The standard InChI is InChI=1S/C17H21N3O2/c1-12(10-20-7-6-18-11-20)19-17(22)15-8-13-4-2-3-5-14(13)9-16(15)21/h6-9,11-12,21H,2-5,10H2,1H3,(H,19,22)/t12-/m1/s1. The molecule has 5 nitrogen and oxygen atoms in total. The highest BCUT2D eigenvalue weighted by Gasteiger charge is 2.18. The van der Waals surface area contributed by atoms with E-state index >= 15 is 0 Å². The molecule has 2 N–H and O–H groups in total. The van der Waals surface area contributed by atoms with Gasteiger partial charge in [-0.15, -0.1) is 0 Å². The van der Waals surface area contributed by atoms with Crippen molar-refractivity contribution in [3.8, 4) is 5.75 Å². The van der Waals surface area contributed by atoms with Crippen LogP contribution in [-0.4, -0.2) is 26.6 Å². The quantitative estimate of drug-likeness (QED) is 0.910. The Labute approximate surface area is 130 Å². The van der Waals surface area contributed by atoms with Crippen LogP contribution in [0.15, 0.2) is 30.9 Å². The zero-order chi connectivity index (χ0) is 15.5. The van der Waals surface area contributed by atoms with Crippen LogP contribution in [0.3, 0.4) is 0 Å². The zero-order valence-corrected chi connectivity index (χ0v) is 12.7. The second kappa shape index (κ2) is 6.22. The maximum Gasteiger partial charge on any atom is 0.255 e. The van der Waals surface area contributed by atoms with Gasteiger partial charge >= 0.3 is 0 Å². The summed E-state index contributed by atoms with van der Waals surface area (Å²) in [6.45, 7) is 2.59. The molecule has 1 aromatic carbocycles. The fourth-order valence-corrected chi connectivity index (χ4v) is 3.01. The van der Waals surface area contributed by atoms with E-state index in [2.05, 4.69) is 10.3 Å². The van der Waals surface area contributed by atoms with Gasteiger partial charge in [0.05, 0.1) is 11.9 Å². The van der Waals surface area contributed by atoms with E-state index < -0.39 is 0 Å². The Hall–Kier alpha value is -2.30. The predicted molar refractivity (Wildman–Crippen MR) is 83.9 cm³/mol. The highest BCUT2D eigenvalue weighted by atomic mass is 16.3. The average molecular weight is 299 g/mol. The van der Waals surface area contributed by atoms with Crippen molar-refractivity contribution >= 4 is 5.91 Å². The third kappa shape index (κ3) is 3.13. The zero-order valence-electron chi connectivity index (χ0n) is 12.7. The number of imidazole rings is 1. The maximum atomic E-state index is 12.4. The van der Waals surface area contributed by atoms with Gasteiger partial charge in [0.25, 0.3) is 5.91 Å². The molecule has 0 aliphatic heterocycles. The smallest absolute Gasteiger partial charge is 0.255 e. The van der Waals surface area contributed by atoms with Crippen molar-refractivity contribution in [2.75, 3.05) is 0 Å². The highest BCUT2D eigenvalue weighted by molar-refractivity contribution is 5.97. The molecule has 3 rings (SSSR count). The topological polar surface area (TPSA) is 67.2 Å². The van der Waals surface area contributed by atoms with Crippen LogP contribution >= 0.6 is 0 Å². The number of carbonyl (C=O) groups is 1. The van der Waals surface area contributed by atoms with E-state index in [-0.39, 0.29) is 17.7 Å². The van der Waals surface area contributed by atoms with Crippen molar-refractivity contribution in [3.63, 3.8) is 0 Å². The molecular weight excluding hydrogens is 278 g/mol. The summed E-state index contributed by atoms with van der Waals surface area (Å²) in [5.41, 5.74) is 2.74. The van der Waals surface area contributed by atoms with Crippen LogP contribution in [-0.2, 0) is 19.4 Å². The Bertz CT molecular complexity index is 665. The summed E-state index contributed by atoms with van der Waals surface area (Å²) in [5.74, 6) is -0.147. The third-order valence-corrected chi connectivity index (χ3v) is 4.13. The lowest BCUT2D eigenvalue weighted by Gasteiger charge is -2.19. The Morgan fingerprint density at radius 3 is 2.77 bits per heavy atom. The lowest BCUT2D eigenvalue weighted by molar-refractivity contribution is 0.0934. The normalized spacial score (nSPS) is 15.1. The SMILES string of the molecule is C[C@H](Cn1ccnc1)NC(=O)c1cc2c(cc1O)CCCC2. The summed E-state index contributed by atoms with van der Waals surface area (Å²) in [6, 6.07) is 3.56. The van der Waals surface area contributed by atoms with E-state index in [1.165, 1.54) is 11.1 Å². The molecule has 0 saturated heterocycles. The van der Waals surface area contributed by atoms with Crippen molar-refractivity contribution in [1.82, 2.24) is 14.9 Å². The van der Waals surface area contributed by atoms with E-state index in [1.54, 1.807) is 18.6 Å². The number of phenolic OH excluding ortho intramolecular Hbond substituents is 1. The van der Waals surface area contributed by atoms with Crippen LogP contribution < -0.4 is 5.32 Å². The summed E-state index contributed by atoms with van der Waals surface area (Å²) >= 11 is 0. The van der Waals surface area contributed by atoms with Gasteiger partial charge in [-0.3, -0.25) is 4.79 Å². The lowest BCUT2D eigenvalue weighted by atomic mass is 9.90. The Morgan fingerprint density at radius 2 is 2.09 bits per heavy atom.